The number of carbonyl (C=O) groups is 3. The van der Waals surface area contributed by atoms with Crippen LogP contribution < -0.4 is 10.2 Å². The van der Waals surface area contributed by atoms with E-state index in [1.807, 2.05) is 26.0 Å². The summed E-state index contributed by atoms with van der Waals surface area (Å²) in [4.78, 5) is 42.8. The number of benzene rings is 1. The van der Waals surface area contributed by atoms with E-state index >= 15 is 0 Å². The number of ether oxygens (including phenoxy) is 1. The van der Waals surface area contributed by atoms with E-state index in [0.717, 1.165) is 17.8 Å². The van der Waals surface area contributed by atoms with Gasteiger partial charge in [0, 0.05) is 30.0 Å². The van der Waals surface area contributed by atoms with Crippen LogP contribution >= 0.6 is 11.6 Å². The lowest BCUT2D eigenvalue weighted by Crippen LogP contribution is -2.24. The molecule has 0 aliphatic carbocycles. The first kappa shape index (κ1) is 22.5. The van der Waals surface area contributed by atoms with Crippen molar-refractivity contribution in [1.29, 1.82) is 0 Å². The Bertz CT molecular complexity index is 1240. The van der Waals surface area contributed by atoms with Crippen molar-refractivity contribution >= 4 is 40.8 Å². The molecule has 1 aliphatic rings. The van der Waals surface area contributed by atoms with Crippen molar-refractivity contribution in [3.63, 3.8) is 0 Å². The zero-order chi connectivity index (χ0) is 23.5. The molecule has 9 nitrogen and oxygen atoms in total. The predicted octanol–water partition coefficient (Wildman–Crippen LogP) is 3.46. The number of hydrogen-bond donors (Lipinski definition) is 1. The molecule has 1 fully saturated rings. The molecule has 3 aromatic rings. The normalized spacial score (nSPS) is 13.3. The fraction of sp³-hybridized carbons (Fsp3) is 0.261. The average molecular weight is 468 g/mol. The van der Waals surface area contributed by atoms with Crippen molar-refractivity contribution in [2.45, 2.75) is 26.7 Å². The topological polar surface area (TPSA) is 106 Å². The molecule has 0 atom stereocenters. The Balaban J connectivity index is 1.40. The smallest absolute Gasteiger partial charge is 0.359 e. The molecular formula is C23H22ClN5O4. The summed E-state index contributed by atoms with van der Waals surface area (Å²) in [7, 11) is 0. The van der Waals surface area contributed by atoms with Crippen LogP contribution in [0.4, 0.5) is 11.4 Å². The average Bonchev–Trinajstić information content (AvgIpc) is 3.36. The van der Waals surface area contributed by atoms with Crippen LogP contribution in [0.3, 0.4) is 0 Å². The minimum absolute atomic E-state index is 0.0551. The van der Waals surface area contributed by atoms with Gasteiger partial charge in [-0.25, -0.2) is 14.5 Å². The Morgan fingerprint density at radius 1 is 1.18 bits per heavy atom. The Morgan fingerprint density at radius 3 is 2.70 bits per heavy atom. The van der Waals surface area contributed by atoms with Crippen LogP contribution in [0.2, 0.25) is 5.02 Å². The van der Waals surface area contributed by atoms with Gasteiger partial charge in [0.05, 0.1) is 10.7 Å². The molecule has 0 unspecified atom stereocenters. The van der Waals surface area contributed by atoms with E-state index in [0.29, 0.717) is 30.2 Å². The molecule has 170 valence electrons. The van der Waals surface area contributed by atoms with Crippen molar-refractivity contribution in [1.82, 2.24) is 14.8 Å². The monoisotopic (exact) mass is 467 g/mol. The maximum atomic E-state index is 12.5. The van der Waals surface area contributed by atoms with Crippen LogP contribution in [0.5, 0.6) is 0 Å². The second-order valence-electron chi connectivity index (χ2n) is 7.66. The van der Waals surface area contributed by atoms with Gasteiger partial charge in [-0.1, -0.05) is 17.7 Å². The Kier molecular flexibility index (Phi) is 6.41. The lowest BCUT2D eigenvalue weighted by molar-refractivity contribution is -0.119. The summed E-state index contributed by atoms with van der Waals surface area (Å²) < 4.78 is 6.71. The summed E-state index contributed by atoms with van der Waals surface area (Å²) in [5.41, 5.74) is 2.76. The highest BCUT2D eigenvalue weighted by atomic mass is 35.5. The van der Waals surface area contributed by atoms with Crippen molar-refractivity contribution in [3.8, 4) is 5.82 Å². The second kappa shape index (κ2) is 9.41. The van der Waals surface area contributed by atoms with Crippen molar-refractivity contribution in [2.24, 2.45) is 0 Å². The molecule has 1 saturated heterocycles. The molecule has 10 heteroatoms. The van der Waals surface area contributed by atoms with Gasteiger partial charge in [0.2, 0.25) is 5.91 Å². The highest BCUT2D eigenvalue weighted by molar-refractivity contribution is 6.33. The zero-order valence-corrected chi connectivity index (χ0v) is 18.9. The molecule has 33 heavy (non-hydrogen) atoms. The number of nitrogens with zero attached hydrogens (tertiary/aromatic N) is 4. The number of rotatable bonds is 6. The number of aromatic nitrogens is 3. The number of pyridine rings is 1. The van der Waals surface area contributed by atoms with Crippen LogP contribution in [0.1, 0.15) is 34.7 Å². The number of nitrogens with one attached hydrogen (secondary N) is 1. The lowest BCUT2D eigenvalue weighted by atomic mass is 10.2. The number of anilines is 2. The Labute approximate surface area is 195 Å². The quantitative estimate of drug-likeness (QED) is 0.556. The van der Waals surface area contributed by atoms with Gasteiger partial charge in [-0.2, -0.15) is 5.10 Å². The van der Waals surface area contributed by atoms with Gasteiger partial charge in [-0.3, -0.25) is 9.59 Å². The first-order valence-electron chi connectivity index (χ1n) is 10.4. The van der Waals surface area contributed by atoms with E-state index in [-0.39, 0.29) is 16.6 Å². The van der Waals surface area contributed by atoms with E-state index in [4.69, 9.17) is 16.3 Å². The summed E-state index contributed by atoms with van der Waals surface area (Å²) in [6.45, 7) is 3.85. The minimum atomic E-state index is -0.824. The first-order chi connectivity index (χ1) is 15.8. The summed E-state index contributed by atoms with van der Waals surface area (Å²) in [6, 6.07) is 12.0. The standard InChI is InChI=1S/C23H22ClN5O4/c1-14-11-15(2)29(27-14)19-9-8-18(24)22(26-19)23(32)33-13-20(30)25-16-5-3-6-17(12-16)28-10-4-7-21(28)31/h3,5-6,8-9,11-12H,4,7,10,13H2,1-2H3,(H,25,30). The largest absolute Gasteiger partial charge is 0.451 e. The van der Waals surface area contributed by atoms with E-state index in [1.165, 1.54) is 6.07 Å². The van der Waals surface area contributed by atoms with Crippen molar-refractivity contribution < 1.29 is 19.1 Å². The molecule has 2 aromatic heterocycles. The summed E-state index contributed by atoms with van der Waals surface area (Å²) in [5.74, 6) is -0.886. The minimum Gasteiger partial charge on any atom is -0.451 e. The van der Waals surface area contributed by atoms with Gasteiger partial charge < -0.3 is 15.0 Å². The van der Waals surface area contributed by atoms with Gasteiger partial charge in [0.25, 0.3) is 5.91 Å². The first-order valence-corrected chi connectivity index (χ1v) is 10.8. The molecule has 3 heterocycles. The number of halogens is 1. The van der Waals surface area contributed by atoms with Crippen molar-refractivity contribution in [2.75, 3.05) is 23.4 Å². The number of aryl methyl sites for hydroxylation is 2. The fourth-order valence-corrected chi connectivity index (χ4v) is 3.81. The maximum Gasteiger partial charge on any atom is 0.359 e. The second-order valence-corrected chi connectivity index (χ2v) is 8.07. The van der Waals surface area contributed by atoms with Crippen LogP contribution in [0, 0.1) is 13.8 Å². The maximum absolute atomic E-state index is 12.5. The number of amides is 2. The van der Waals surface area contributed by atoms with E-state index in [2.05, 4.69) is 15.4 Å². The van der Waals surface area contributed by atoms with Crippen molar-refractivity contribution in [3.05, 3.63) is 64.6 Å². The third kappa shape index (κ3) is 5.04. The van der Waals surface area contributed by atoms with Gasteiger partial charge in [-0.15, -0.1) is 0 Å². The molecule has 0 bridgehead atoms. The summed E-state index contributed by atoms with van der Waals surface area (Å²) in [5, 5.41) is 7.12. The number of esters is 1. The highest BCUT2D eigenvalue weighted by Crippen LogP contribution is 2.24. The van der Waals surface area contributed by atoms with Crippen LogP contribution in [0.15, 0.2) is 42.5 Å². The molecule has 0 radical (unpaired) electrons. The van der Waals surface area contributed by atoms with Crippen LogP contribution in [0.25, 0.3) is 5.82 Å². The van der Waals surface area contributed by atoms with Crippen LogP contribution in [-0.4, -0.2) is 45.7 Å². The molecule has 2 amide bonds. The zero-order valence-electron chi connectivity index (χ0n) is 18.2. The number of hydrogen-bond acceptors (Lipinski definition) is 6. The third-order valence-electron chi connectivity index (χ3n) is 5.10. The Hall–Kier alpha value is -3.72. The predicted molar refractivity (Wildman–Crippen MR) is 123 cm³/mol. The number of carbonyl (C=O) groups excluding carboxylic acids is 3. The Morgan fingerprint density at radius 2 is 2.00 bits per heavy atom. The molecule has 4 rings (SSSR count). The van der Waals surface area contributed by atoms with E-state index in [1.54, 1.807) is 33.8 Å². The van der Waals surface area contributed by atoms with Gasteiger partial charge >= 0.3 is 5.97 Å². The lowest BCUT2D eigenvalue weighted by Gasteiger charge is -2.16. The molecular weight excluding hydrogens is 446 g/mol. The molecule has 1 aliphatic heterocycles. The SMILES string of the molecule is Cc1cc(C)n(-c2ccc(Cl)c(C(=O)OCC(=O)Nc3cccc(N4CCCC4=O)c3)n2)n1. The molecule has 1 aromatic carbocycles. The molecule has 0 spiro atoms. The van der Waals surface area contributed by atoms with E-state index in [9.17, 15) is 14.4 Å². The van der Waals surface area contributed by atoms with Gasteiger partial charge in [0.1, 0.15) is 0 Å². The molecule has 0 saturated carbocycles. The fourth-order valence-electron chi connectivity index (χ4n) is 3.62. The van der Waals surface area contributed by atoms with Gasteiger partial charge in [-0.05, 0) is 56.7 Å². The van der Waals surface area contributed by atoms with Crippen LogP contribution in [-0.2, 0) is 14.3 Å². The molecule has 1 N–H and O–H groups in total. The summed E-state index contributed by atoms with van der Waals surface area (Å²) in [6.07, 6.45) is 1.33. The van der Waals surface area contributed by atoms with E-state index < -0.39 is 18.5 Å². The van der Waals surface area contributed by atoms with Gasteiger partial charge in [0.15, 0.2) is 18.1 Å². The highest BCUT2D eigenvalue weighted by Gasteiger charge is 2.22. The third-order valence-corrected chi connectivity index (χ3v) is 5.41. The summed E-state index contributed by atoms with van der Waals surface area (Å²) >= 11 is 6.13.